The van der Waals surface area contributed by atoms with Crippen LogP contribution in [0.5, 0.6) is 11.5 Å². The second-order valence-electron chi connectivity index (χ2n) is 5.68. The summed E-state index contributed by atoms with van der Waals surface area (Å²) in [5.41, 5.74) is 0.986. The Balaban J connectivity index is 2.01. The molecule has 0 saturated carbocycles. The van der Waals surface area contributed by atoms with Crippen LogP contribution in [-0.4, -0.2) is 50.5 Å². The minimum absolute atomic E-state index is 0.0295. The molecular weight excluding hydrogens is 326 g/mol. The van der Waals surface area contributed by atoms with E-state index in [0.29, 0.717) is 18.9 Å². The van der Waals surface area contributed by atoms with Gasteiger partial charge >= 0.3 is 0 Å². The van der Waals surface area contributed by atoms with Crippen molar-refractivity contribution in [3.05, 3.63) is 23.8 Å². The zero-order valence-corrected chi connectivity index (χ0v) is 15.6. The van der Waals surface area contributed by atoms with Crippen LogP contribution in [0, 0.1) is 0 Å². The number of carbonyl (C=O) groups is 1. The zero-order valence-electron chi connectivity index (χ0n) is 14.7. The van der Waals surface area contributed by atoms with Crippen LogP contribution in [0.1, 0.15) is 37.1 Å². The molecule has 0 radical (unpaired) electrons. The number of ether oxygens (including phenoxy) is 3. The minimum atomic E-state index is -0.0295. The van der Waals surface area contributed by atoms with Gasteiger partial charge < -0.3 is 19.1 Å². The van der Waals surface area contributed by atoms with E-state index < -0.39 is 0 Å². The summed E-state index contributed by atoms with van der Waals surface area (Å²) in [5.74, 6) is 2.23. The number of methoxy groups -OCH3 is 2. The molecule has 1 atom stereocenters. The molecule has 1 saturated heterocycles. The van der Waals surface area contributed by atoms with Crippen molar-refractivity contribution in [2.45, 2.75) is 31.6 Å². The molecule has 2 rings (SSSR count). The standard InChI is InChI=1S/C18H27NO4S/c1-4-5-10-23-11-6-9-19-17(20)13-24-18(19)15-12-14(21-2)7-8-16(15)22-3/h7-8,12,18H,4-6,9-11,13H2,1-3H3. The van der Waals surface area contributed by atoms with Crippen molar-refractivity contribution in [2.75, 3.05) is 39.7 Å². The summed E-state index contributed by atoms with van der Waals surface area (Å²) in [7, 11) is 3.29. The van der Waals surface area contributed by atoms with Crippen LogP contribution in [0.4, 0.5) is 0 Å². The number of amides is 1. The van der Waals surface area contributed by atoms with Crippen molar-refractivity contribution in [1.82, 2.24) is 4.90 Å². The summed E-state index contributed by atoms with van der Waals surface area (Å²) in [6.45, 7) is 4.33. The van der Waals surface area contributed by atoms with Crippen LogP contribution in [0.15, 0.2) is 18.2 Å². The van der Waals surface area contributed by atoms with E-state index in [1.807, 2.05) is 23.1 Å². The third-order valence-corrected chi connectivity index (χ3v) is 5.24. The molecule has 1 amide bonds. The molecule has 0 aromatic heterocycles. The Morgan fingerprint density at radius 2 is 2.00 bits per heavy atom. The van der Waals surface area contributed by atoms with E-state index in [0.717, 1.165) is 42.9 Å². The lowest BCUT2D eigenvalue weighted by molar-refractivity contribution is -0.128. The van der Waals surface area contributed by atoms with Crippen LogP contribution < -0.4 is 9.47 Å². The largest absolute Gasteiger partial charge is 0.497 e. The monoisotopic (exact) mass is 353 g/mol. The highest BCUT2D eigenvalue weighted by Crippen LogP contribution is 2.43. The van der Waals surface area contributed by atoms with Crippen molar-refractivity contribution in [3.63, 3.8) is 0 Å². The Morgan fingerprint density at radius 1 is 1.21 bits per heavy atom. The number of thioether (sulfide) groups is 1. The first-order chi connectivity index (χ1) is 11.7. The van der Waals surface area contributed by atoms with Crippen LogP contribution in [-0.2, 0) is 9.53 Å². The fraction of sp³-hybridized carbons (Fsp3) is 0.611. The van der Waals surface area contributed by atoms with Gasteiger partial charge in [0.1, 0.15) is 16.9 Å². The number of hydrogen-bond donors (Lipinski definition) is 0. The van der Waals surface area contributed by atoms with Crippen molar-refractivity contribution in [3.8, 4) is 11.5 Å². The Hall–Kier alpha value is -1.40. The summed E-state index contributed by atoms with van der Waals surface area (Å²) in [6, 6.07) is 5.72. The maximum Gasteiger partial charge on any atom is 0.233 e. The van der Waals surface area contributed by atoms with E-state index in [9.17, 15) is 4.79 Å². The fourth-order valence-corrected chi connectivity index (χ4v) is 3.90. The van der Waals surface area contributed by atoms with E-state index >= 15 is 0 Å². The van der Waals surface area contributed by atoms with Crippen molar-refractivity contribution in [2.24, 2.45) is 0 Å². The topological polar surface area (TPSA) is 48.0 Å². The first-order valence-electron chi connectivity index (χ1n) is 8.42. The third kappa shape index (κ3) is 4.80. The summed E-state index contributed by atoms with van der Waals surface area (Å²) in [6.07, 6.45) is 3.07. The van der Waals surface area contributed by atoms with Crippen molar-refractivity contribution >= 4 is 17.7 Å². The summed E-state index contributed by atoms with van der Waals surface area (Å²) in [5, 5.41) is -0.0295. The molecule has 5 nitrogen and oxygen atoms in total. The molecule has 134 valence electrons. The molecular formula is C18H27NO4S. The Bertz CT molecular complexity index is 538. The van der Waals surface area contributed by atoms with Crippen LogP contribution in [0.3, 0.4) is 0 Å². The van der Waals surface area contributed by atoms with E-state index in [-0.39, 0.29) is 11.3 Å². The van der Waals surface area contributed by atoms with E-state index in [1.165, 1.54) is 0 Å². The predicted octanol–water partition coefficient (Wildman–Crippen LogP) is 3.48. The molecule has 0 aliphatic carbocycles. The average Bonchev–Trinajstić information content (AvgIpc) is 2.98. The number of nitrogens with zero attached hydrogens (tertiary/aromatic N) is 1. The number of carbonyl (C=O) groups excluding carboxylic acids is 1. The van der Waals surface area contributed by atoms with Gasteiger partial charge in [0.15, 0.2) is 0 Å². The highest BCUT2D eigenvalue weighted by Gasteiger charge is 2.34. The second-order valence-corrected chi connectivity index (χ2v) is 6.75. The van der Waals surface area contributed by atoms with Crippen LogP contribution in [0.25, 0.3) is 0 Å². The van der Waals surface area contributed by atoms with Crippen molar-refractivity contribution in [1.29, 1.82) is 0 Å². The number of hydrogen-bond acceptors (Lipinski definition) is 5. The third-order valence-electron chi connectivity index (χ3n) is 4.00. The van der Waals surface area contributed by atoms with Gasteiger partial charge in [0.25, 0.3) is 0 Å². The normalized spacial score (nSPS) is 17.4. The molecule has 1 fully saturated rings. The molecule has 1 aromatic carbocycles. The van der Waals surface area contributed by atoms with Crippen molar-refractivity contribution < 1.29 is 19.0 Å². The van der Waals surface area contributed by atoms with Gasteiger partial charge in [-0.25, -0.2) is 0 Å². The molecule has 1 aromatic rings. The first-order valence-corrected chi connectivity index (χ1v) is 9.46. The smallest absolute Gasteiger partial charge is 0.233 e. The Kier molecular flexibility index (Phi) is 7.72. The lowest BCUT2D eigenvalue weighted by atomic mass is 10.1. The van der Waals surface area contributed by atoms with E-state index in [2.05, 4.69) is 6.92 Å². The number of rotatable bonds is 10. The van der Waals surface area contributed by atoms with Gasteiger partial charge in [-0.3, -0.25) is 4.79 Å². The second kappa shape index (κ2) is 9.79. The SMILES string of the molecule is CCCCOCCCN1C(=O)CSC1c1cc(OC)ccc1OC. The highest BCUT2D eigenvalue weighted by atomic mass is 32.2. The van der Waals surface area contributed by atoms with Crippen LogP contribution >= 0.6 is 11.8 Å². The minimum Gasteiger partial charge on any atom is -0.497 e. The molecule has 1 aliphatic rings. The molecule has 0 bridgehead atoms. The number of benzene rings is 1. The fourth-order valence-electron chi connectivity index (χ4n) is 2.67. The molecule has 1 heterocycles. The molecule has 1 unspecified atom stereocenters. The number of unbranched alkanes of at least 4 members (excludes halogenated alkanes) is 1. The first kappa shape index (κ1) is 18.9. The Labute approximate surface area is 148 Å². The van der Waals surface area contributed by atoms with Gasteiger partial charge in [0.2, 0.25) is 5.91 Å². The highest BCUT2D eigenvalue weighted by molar-refractivity contribution is 8.00. The predicted molar refractivity (Wildman–Crippen MR) is 96.8 cm³/mol. The average molecular weight is 353 g/mol. The quantitative estimate of drug-likeness (QED) is 0.603. The molecule has 0 N–H and O–H groups in total. The zero-order chi connectivity index (χ0) is 17.4. The van der Waals surface area contributed by atoms with Gasteiger partial charge in [-0.15, -0.1) is 11.8 Å². The van der Waals surface area contributed by atoms with Gasteiger partial charge in [0, 0.05) is 25.3 Å². The molecule has 24 heavy (non-hydrogen) atoms. The molecule has 1 aliphatic heterocycles. The molecule has 0 spiro atoms. The van der Waals surface area contributed by atoms with Gasteiger partial charge in [-0.1, -0.05) is 13.3 Å². The summed E-state index contributed by atoms with van der Waals surface area (Å²) < 4.78 is 16.4. The Morgan fingerprint density at radius 3 is 2.71 bits per heavy atom. The summed E-state index contributed by atoms with van der Waals surface area (Å²) in [4.78, 5) is 14.2. The maximum atomic E-state index is 12.3. The van der Waals surface area contributed by atoms with Crippen LogP contribution in [0.2, 0.25) is 0 Å². The van der Waals surface area contributed by atoms with E-state index in [4.69, 9.17) is 14.2 Å². The lowest BCUT2D eigenvalue weighted by Crippen LogP contribution is -2.30. The summed E-state index contributed by atoms with van der Waals surface area (Å²) >= 11 is 1.63. The lowest BCUT2D eigenvalue weighted by Gasteiger charge is -2.25. The van der Waals surface area contributed by atoms with E-state index in [1.54, 1.807) is 26.0 Å². The van der Waals surface area contributed by atoms with Gasteiger partial charge in [-0.05, 0) is 31.0 Å². The van der Waals surface area contributed by atoms with Gasteiger partial charge in [0.05, 0.1) is 20.0 Å². The molecule has 6 heteroatoms. The van der Waals surface area contributed by atoms with Gasteiger partial charge in [-0.2, -0.15) is 0 Å². The maximum absolute atomic E-state index is 12.3.